The molecule has 2 atom stereocenters. The van der Waals surface area contributed by atoms with Crippen LogP contribution in [-0.2, 0) is 4.74 Å². The largest absolute Gasteiger partial charge is 0.389 e. The van der Waals surface area contributed by atoms with Gasteiger partial charge >= 0.3 is 0 Å². The summed E-state index contributed by atoms with van der Waals surface area (Å²) in [5.41, 5.74) is 0.900. The van der Waals surface area contributed by atoms with Crippen molar-refractivity contribution >= 4 is 0 Å². The van der Waals surface area contributed by atoms with E-state index < -0.39 is 6.10 Å². The molecule has 18 heavy (non-hydrogen) atoms. The molecule has 0 saturated heterocycles. The Kier molecular flexibility index (Phi) is 5.72. The van der Waals surface area contributed by atoms with Crippen LogP contribution in [-0.4, -0.2) is 34.9 Å². The van der Waals surface area contributed by atoms with E-state index in [1.807, 2.05) is 46.0 Å². The highest BCUT2D eigenvalue weighted by Crippen LogP contribution is 2.10. The average molecular weight is 252 g/mol. The second kappa shape index (κ2) is 6.83. The Hall–Kier alpha value is -0.970. The predicted molar refractivity (Wildman–Crippen MR) is 72.4 cm³/mol. The van der Waals surface area contributed by atoms with E-state index in [0.717, 1.165) is 5.56 Å². The van der Waals surface area contributed by atoms with Gasteiger partial charge in [-0.3, -0.25) is 4.98 Å². The molecule has 1 unspecified atom stereocenters. The number of aliphatic hydroxyl groups is 1. The highest BCUT2D eigenvalue weighted by atomic mass is 16.5. The molecule has 0 saturated carbocycles. The van der Waals surface area contributed by atoms with E-state index in [9.17, 15) is 5.11 Å². The number of rotatable bonds is 6. The molecule has 0 radical (unpaired) electrons. The molecule has 4 heteroatoms. The molecule has 4 nitrogen and oxygen atoms in total. The summed E-state index contributed by atoms with van der Waals surface area (Å²) < 4.78 is 5.53. The van der Waals surface area contributed by atoms with Crippen LogP contribution in [0.5, 0.6) is 0 Å². The summed E-state index contributed by atoms with van der Waals surface area (Å²) in [7, 11) is 0. The predicted octanol–water partition coefficient (Wildman–Crippen LogP) is 1.91. The first kappa shape index (κ1) is 15.1. The van der Waals surface area contributed by atoms with E-state index in [2.05, 4.69) is 10.3 Å². The SMILES string of the molecule is C[C@@H](NCC(O)COC(C)(C)C)c1cccnc1. The molecule has 0 aliphatic rings. The zero-order valence-corrected chi connectivity index (χ0v) is 11.7. The van der Waals surface area contributed by atoms with Crippen LogP contribution in [0.25, 0.3) is 0 Å². The lowest BCUT2D eigenvalue weighted by Gasteiger charge is -2.23. The number of hydrogen-bond donors (Lipinski definition) is 2. The quantitative estimate of drug-likeness (QED) is 0.812. The summed E-state index contributed by atoms with van der Waals surface area (Å²) in [6.45, 7) is 8.83. The Morgan fingerprint density at radius 1 is 1.44 bits per heavy atom. The van der Waals surface area contributed by atoms with Gasteiger partial charge in [0.15, 0.2) is 0 Å². The molecule has 0 aromatic carbocycles. The zero-order chi connectivity index (χ0) is 13.6. The lowest BCUT2D eigenvalue weighted by atomic mass is 10.1. The Morgan fingerprint density at radius 3 is 2.72 bits per heavy atom. The van der Waals surface area contributed by atoms with Crippen LogP contribution in [0.2, 0.25) is 0 Å². The molecule has 1 aromatic heterocycles. The molecule has 0 aliphatic carbocycles. The fourth-order valence-corrected chi connectivity index (χ4v) is 1.47. The van der Waals surface area contributed by atoms with Gasteiger partial charge < -0.3 is 15.2 Å². The molecular weight excluding hydrogens is 228 g/mol. The van der Waals surface area contributed by atoms with Crippen LogP contribution in [0.15, 0.2) is 24.5 Å². The minimum absolute atomic E-state index is 0.169. The number of pyridine rings is 1. The van der Waals surface area contributed by atoms with E-state index >= 15 is 0 Å². The van der Waals surface area contributed by atoms with Crippen molar-refractivity contribution in [2.75, 3.05) is 13.2 Å². The third kappa shape index (κ3) is 6.10. The Bertz CT molecular complexity index is 335. The molecule has 1 heterocycles. The first-order chi connectivity index (χ1) is 8.38. The topological polar surface area (TPSA) is 54.4 Å². The Balaban J connectivity index is 2.28. The fourth-order valence-electron chi connectivity index (χ4n) is 1.47. The Labute approximate surface area is 109 Å². The van der Waals surface area contributed by atoms with Crippen molar-refractivity contribution in [3.63, 3.8) is 0 Å². The van der Waals surface area contributed by atoms with E-state index in [4.69, 9.17) is 4.74 Å². The molecule has 0 amide bonds. The smallest absolute Gasteiger partial charge is 0.0898 e. The second-order valence-corrected chi connectivity index (χ2v) is 5.49. The molecule has 2 N–H and O–H groups in total. The standard InChI is InChI=1S/C14H24N2O2/c1-11(12-6-5-7-15-8-12)16-9-13(17)10-18-14(2,3)4/h5-8,11,13,16-17H,9-10H2,1-4H3/t11-,13?/m1/s1. The third-order valence-electron chi connectivity index (χ3n) is 2.55. The van der Waals surface area contributed by atoms with Crippen molar-refractivity contribution in [3.05, 3.63) is 30.1 Å². The van der Waals surface area contributed by atoms with E-state index in [1.165, 1.54) is 0 Å². The monoisotopic (exact) mass is 252 g/mol. The fraction of sp³-hybridized carbons (Fsp3) is 0.643. The van der Waals surface area contributed by atoms with Gasteiger partial charge in [-0.05, 0) is 39.3 Å². The minimum atomic E-state index is -0.497. The number of nitrogens with one attached hydrogen (secondary N) is 1. The summed E-state index contributed by atoms with van der Waals surface area (Å²) in [4.78, 5) is 4.07. The first-order valence-corrected chi connectivity index (χ1v) is 6.34. The molecule has 0 aliphatic heterocycles. The minimum Gasteiger partial charge on any atom is -0.389 e. The number of nitrogens with zero attached hydrogens (tertiary/aromatic N) is 1. The number of aromatic nitrogens is 1. The lowest BCUT2D eigenvalue weighted by Crippen LogP contribution is -2.34. The van der Waals surface area contributed by atoms with Gasteiger partial charge in [-0.25, -0.2) is 0 Å². The van der Waals surface area contributed by atoms with Crippen LogP contribution < -0.4 is 5.32 Å². The van der Waals surface area contributed by atoms with Crippen LogP contribution >= 0.6 is 0 Å². The molecule has 0 spiro atoms. The third-order valence-corrected chi connectivity index (χ3v) is 2.55. The van der Waals surface area contributed by atoms with Crippen LogP contribution in [0.3, 0.4) is 0 Å². The molecule has 102 valence electrons. The van der Waals surface area contributed by atoms with Gasteiger partial charge in [0.05, 0.1) is 18.3 Å². The second-order valence-electron chi connectivity index (χ2n) is 5.49. The maximum Gasteiger partial charge on any atom is 0.0898 e. The maximum absolute atomic E-state index is 9.81. The van der Waals surface area contributed by atoms with Crippen LogP contribution in [0.1, 0.15) is 39.3 Å². The molecule has 1 aromatic rings. The highest BCUT2D eigenvalue weighted by Gasteiger charge is 2.14. The van der Waals surface area contributed by atoms with Crippen molar-refractivity contribution in [1.82, 2.24) is 10.3 Å². The van der Waals surface area contributed by atoms with Gasteiger partial charge in [-0.15, -0.1) is 0 Å². The van der Waals surface area contributed by atoms with E-state index in [0.29, 0.717) is 13.2 Å². The van der Waals surface area contributed by atoms with Gasteiger partial charge in [0, 0.05) is 25.0 Å². The number of ether oxygens (including phenoxy) is 1. The van der Waals surface area contributed by atoms with Crippen LogP contribution in [0, 0.1) is 0 Å². The Morgan fingerprint density at radius 2 is 2.17 bits per heavy atom. The van der Waals surface area contributed by atoms with Gasteiger partial charge in [-0.2, -0.15) is 0 Å². The van der Waals surface area contributed by atoms with Gasteiger partial charge in [0.25, 0.3) is 0 Å². The average Bonchev–Trinajstić information content (AvgIpc) is 2.33. The lowest BCUT2D eigenvalue weighted by molar-refractivity contribution is -0.0482. The van der Waals surface area contributed by atoms with Crippen molar-refractivity contribution < 1.29 is 9.84 Å². The maximum atomic E-state index is 9.81. The van der Waals surface area contributed by atoms with Crippen molar-refractivity contribution in [2.45, 2.75) is 45.4 Å². The van der Waals surface area contributed by atoms with Gasteiger partial charge in [0.1, 0.15) is 0 Å². The summed E-state index contributed by atoms with van der Waals surface area (Å²) in [6, 6.07) is 4.10. The highest BCUT2D eigenvalue weighted by molar-refractivity contribution is 5.12. The molecule has 0 fully saturated rings. The summed E-state index contributed by atoms with van der Waals surface area (Å²) in [5.74, 6) is 0. The molecule has 0 bridgehead atoms. The summed E-state index contributed by atoms with van der Waals surface area (Å²) in [6.07, 6.45) is 3.08. The summed E-state index contributed by atoms with van der Waals surface area (Å²) >= 11 is 0. The molecular formula is C14H24N2O2. The van der Waals surface area contributed by atoms with E-state index in [1.54, 1.807) is 6.20 Å². The first-order valence-electron chi connectivity index (χ1n) is 6.34. The van der Waals surface area contributed by atoms with Gasteiger partial charge in [0.2, 0.25) is 0 Å². The zero-order valence-electron chi connectivity index (χ0n) is 11.7. The number of aliphatic hydroxyl groups excluding tert-OH is 1. The van der Waals surface area contributed by atoms with Gasteiger partial charge in [-0.1, -0.05) is 6.07 Å². The van der Waals surface area contributed by atoms with E-state index in [-0.39, 0.29) is 11.6 Å². The molecule has 1 rings (SSSR count). The summed E-state index contributed by atoms with van der Waals surface area (Å²) in [5, 5.41) is 13.1. The van der Waals surface area contributed by atoms with Crippen molar-refractivity contribution in [2.24, 2.45) is 0 Å². The van der Waals surface area contributed by atoms with Crippen molar-refractivity contribution in [3.8, 4) is 0 Å². The normalized spacial score (nSPS) is 15.4. The van der Waals surface area contributed by atoms with Crippen molar-refractivity contribution in [1.29, 1.82) is 0 Å². The number of hydrogen-bond acceptors (Lipinski definition) is 4. The van der Waals surface area contributed by atoms with Crippen LogP contribution in [0.4, 0.5) is 0 Å².